The van der Waals surface area contributed by atoms with E-state index >= 15 is 0 Å². The Hall–Kier alpha value is -3.38. The second-order valence-corrected chi connectivity index (χ2v) is 8.06. The Kier molecular flexibility index (Phi) is 5.07. The molecule has 1 N–H and O–H groups in total. The SMILES string of the molecule is Cc1ccc(CSc2nnc3c(n2)OC(c2ccccc2)Nc2ccccc2-3)cc1. The van der Waals surface area contributed by atoms with Gasteiger partial charge in [-0.15, -0.1) is 10.2 Å². The van der Waals surface area contributed by atoms with Crippen LogP contribution >= 0.6 is 11.8 Å². The average molecular weight is 413 g/mol. The van der Waals surface area contributed by atoms with Gasteiger partial charge in [0, 0.05) is 22.6 Å². The molecule has 1 atom stereocenters. The normalized spacial score (nSPS) is 14.6. The molecule has 0 saturated heterocycles. The molecule has 0 radical (unpaired) electrons. The van der Waals surface area contributed by atoms with Crippen molar-refractivity contribution < 1.29 is 4.74 Å². The molecule has 1 aliphatic rings. The molecule has 30 heavy (non-hydrogen) atoms. The highest BCUT2D eigenvalue weighted by atomic mass is 32.2. The van der Waals surface area contributed by atoms with Crippen LogP contribution in [0, 0.1) is 6.92 Å². The molecule has 0 aliphatic carbocycles. The minimum atomic E-state index is -0.361. The number of anilines is 1. The van der Waals surface area contributed by atoms with Gasteiger partial charge in [0.1, 0.15) is 0 Å². The number of benzene rings is 3. The van der Waals surface area contributed by atoms with Crippen LogP contribution in [-0.2, 0) is 5.75 Å². The first-order chi connectivity index (χ1) is 14.8. The Bertz CT molecular complexity index is 1170. The molecule has 6 heteroatoms. The third kappa shape index (κ3) is 3.86. The molecule has 2 heterocycles. The predicted molar refractivity (Wildman–Crippen MR) is 119 cm³/mol. The van der Waals surface area contributed by atoms with E-state index in [2.05, 4.69) is 46.7 Å². The Labute approximate surface area is 179 Å². The van der Waals surface area contributed by atoms with Gasteiger partial charge in [-0.25, -0.2) is 0 Å². The summed E-state index contributed by atoms with van der Waals surface area (Å²) in [4.78, 5) is 4.71. The molecule has 0 fully saturated rings. The van der Waals surface area contributed by atoms with Crippen LogP contribution in [0.3, 0.4) is 0 Å². The zero-order valence-electron chi connectivity index (χ0n) is 16.4. The summed E-state index contributed by atoms with van der Waals surface area (Å²) in [6.45, 7) is 2.09. The van der Waals surface area contributed by atoms with Crippen molar-refractivity contribution in [1.82, 2.24) is 15.2 Å². The van der Waals surface area contributed by atoms with Crippen molar-refractivity contribution in [2.45, 2.75) is 24.1 Å². The lowest BCUT2D eigenvalue weighted by molar-refractivity contribution is 0.225. The van der Waals surface area contributed by atoms with E-state index in [1.165, 1.54) is 11.1 Å². The van der Waals surface area contributed by atoms with Crippen LogP contribution in [0.1, 0.15) is 22.9 Å². The van der Waals surface area contributed by atoms with Gasteiger partial charge in [-0.1, -0.05) is 90.1 Å². The number of hydrogen-bond donors (Lipinski definition) is 1. The lowest BCUT2D eigenvalue weighted by atomic mass is 10.1. The molecule has 0 saturated carbocycles. The highest BCUT2D eigenvalue weighted by Gasteiger charge is 2.25. The molecule has 5 rings (SSSR count). The number of aromatic nitrogens is 3. The topological polar surface area (TPSA) is 59.9 Å². The monoisotopic (exact) mass is 412 g/mol. The first kappa shape index (κ1) is 18.6. The lowest BCUT2D eigenvalue weighted by Crippen LogP contribution is -2.17. The number of nitrogens with zero attached hydrogens (tertiary/aromatic N) is 3. The van der Waals surface area contributed by atoms with Gasteiger partial charge in [0.2, 0.25) is 11.0 Å². The first-order valence-electron chi connectivity index (χ1n) is 9.77. The fourth-order valence-corrected chi connectivity index (χ4v) is 4.05. The Balaban J connectivity index is 1.48. The Morgan fingerprint density at radius 3 is 2.50 bits per heavy atom. The van der Waals surface area contributed by atoms with E-state index in [-0.39, 0.29) is 6.23 Å². The molecule has 0 spiro atoms. The van der Waals surface area contributed by atoms with Gasteiger partial charge in [0.05, 0.1) is 0 Å². The van der Waals surface area contributed by atoms with Crippen molar-refractivity contribution in [3.8, 4) is 17.1 Å². The third-order valence-electron chi connectivity index (χ3n) is 4.92. The van der Waals surface area contributed by atoms with E-state index in [0.29, 0.717) is 16.7 Å². The lowest BCUT2D eigenvalue weighted by Gasteiger charge is -2.19. The minimum absolute atomic E-state index is 0.361. The maximum atomic E-state index is 6.30. The van der Waals surface area contributed by atoms with Crippen LogP contribution in [0.15, 0.2) is 84.0 Å². The number of fused-ring (bicyclic) bond motifs is 3. The summed E-state index contributed by atoms with van der Waals surface area (Å²) in [5, 5.41) is 12.9. The van der Waals surface area contributed by atoms with Gasteiger partial charge in [0.25, 0.3) is 0 Å². The highest BCUT2D eigenvalue weighted by Crippen LogP contribution is 2.39. The zero-order valence-corrected chi connectivity index (χ0v) is 17.3. The molecule has 4 aromatic rings. The zero-order chi connectivity index (χ0) is 20.3. The van der Waals surface area contributed by atoms with Gasteiger partial charge >= 0.3 is 0 Å². The van der Waals surface area contributed by atoms with Gasteiger partial charge in [-0.05, 0) is 18.6 Å². The summed E-state index contributed by atoms with van der Waals surface area (Å²) < 4.78 is 6.30. The summed E-state index contributed by atoms with van der Waals surface area (Å²) in [5.74, 6) is 1.26. The van der Waals surface area contributed by atoms with Crippen molar-refractivity contribution in [3.63, 3.8) is 0 Å². The number of nitrogens with one attached hydrogen (secondary N) is 1. The molecule has 5 nitrogen and oxygen atoms in total. The molecular weight excluding hydrogens is 392 g/mol. The van der Waals surface area contributed by atoms with Gasteiger partial charge < -0.3 is 10.1 Å². The van der Waals surface area contributed by atoms with Crippen molar-refractivity contribution in [2.75, 3.05) is 5.32 Å². The molecule has 0 amide bonds. The van der Waals surface area contributed by atoms with Gasteiger partial charge in [0.15, 0.2) is 11.9 Å². The van der Waals surface area contributed by atoms with E-state index in [1.807, 2.05) is 54.6 Å². The summed E-state index contributed by atoms with van der Waals surface area (Å²) in [6.07, 6.45) is -0.361. The van der Waals surface area contributed by atoms with Gasteiger partial charge in [-0.2, -0.15) is 4.98 Å². The summed E-state index contributed by atoms with van der Waals surface area (Å²) in [5.41, 5.74) is 6.02. The van der Waals surface area contributed by atoms with E-state index in [4.69, 9.17) is 9.72 Å². The van der Waals surface area contributed by atoms with Crippen molar-refractivity contribution >= 4 is 17.4 Å². The van der Waals surface area contributed by atoms with Crippen molar-refractivity contribution in [1.29, 1.82) is 0 Å². The molecule has 0 bridgehead atoms. The van der Waals surface area contributed by atoms with Crippen LogP contribution in [0.2, 0.25) is 0 Å². The third-order valence-corrected chi connectivity index (χ3v) is 5.83. The fourth-order valence-electron chi connectivity index (χ4n) is 3.32. The van der Waals surface area contributed by atoms with Crippen LogP contribution in [0.25, 0.3) is 11.3 Å². The fraction of sp³-hybridized carbons (Fsp3) is 0.125. The van der Waals surface area contributed by atoms with Crippen molar-refractivity contribution in [2.24, 2.45) is 0 Å². The largest absolute Gasteiger partial charge is 0.448 e. The smallest absolute Gasteiger partial charge is 0.247 e. The number of aryl methyl sites for hydroxylation is 1. The quantitative estimate of drug-likeness (QED) is 0.438. The summed E-state index contributed by atoms with van der Waals surface area (Å²) >= 11 is 1.55. The maximum absolute atomic E-state index is 6.30. The van der Waals surface area contributed by atoms with E-state index in [9.17, 15) is 0 Å². The molecule has 3 aromatic carbocycles. The molecule has 148 valence electrons. The van der Waals surface area contributed by atoms with Crippen LogP contribution in [0.5, 0.6) is 5.88 Å². The van der Waals surface area contributed by atoms with E-state index < -0.39 is 0 Å². The second kappa shape index (κ2) is 8.16. The highest BCUT2D eigenvalue weighted by molar-refractivity contribution is 7.98. The van der Waals surface area contributed by atoms with Crippen LogP contribution < -0.4 is 10.1 Å². The second-order valence-electron chi connectivity index (χ2n) is 7.12. The molecule has 1 unspecified atom stereocenters. The molecule has 1 aliphatic heterocycles. The Morgan fingerprint density at radius 2 is 1.67 bits per heavy atom. The number of para-hydroxylation sites is 1. The van der Waals surface area contributed by atoms with E-state index in [1.54, 1.807) is 11.8 Å². The van der Waals surface area contributed by atoms with Crippen LogP contribution in [0.4, 0.5) is 5.69 Å². The summed E-state index contributed by atoms with van der Waals surface area (Å²) in [7, 11) is 0. The van der Waals surface area contributed by atoms with Crippen LogP contribution in [-0.4, -0.2) is 15.2 Å². The average Bonchev–Trinajstić information content (AvgIpc) is 2.96. The number of ether oxygens (including phenoxy) is 1. The first-order valence-corrected chi connectivity index (χ1v) is 10.8. The minimum Gasteiger partial charge on any atom is -0.448 e. The number of hydrogen-bond acceptors (Lipinski definition) is 6. The Morgan fingerprint density at radius 1 is 0.900 bits per heavy atom. The molecular formula is C24H20N4OS. The summed E-state index contributed by atoms with van der Waals surface area (Å²) in [6, 6.07) is 26.5. The van der Waals surface area contributed by atoms with Crippen molar-refractivity contribution in [3.05, 3.63) is 95.6 Å². The maximum Gasteiger partial charge on any atom is 0.247 e. The predicted octanol–water partition coefficient (Wildman–Crippen LogP) is 5.64. The number of thioether (sulfide) groups is 1. The van der Waals surface area contributed by atoms with E-state index in [0.717, 1.165) is 22.6 Å². The standard InChI is InChI=1S/C24H20N4OS/c1-16-11-13-17(14-12-16)15-30-24-26-23-21(27-28-24)19-9-5-6-10-20(19)25-22(29-23)18-7-3-2-4-8-18/h2-14,22,25H,15H2,1H3. The molecule has 1 aromatic heterocycles. The van der Waals surface area contributed by atoms with Gasteiger partial charge in [-0.3, -0.25) is 0 Å². The number of rotatable bonds is 4.